The monoisotopic (exact) mass is 264 g/mol. The number of phenols is 2. The number of aliphatic hydroxyl groups is 1. The van der Waals surface area contributed by atoms with Crippen molar-refractivity contribution >= 4 is 10.4 Å². The van der Waals surface area contributed by atoms with Crippen LogP contribution in [0.3, 0.4) is 0 Å². The first-order valence-electron chi connectivity index (χ1n) is 4.54. The fourth-order valence-electron chi connectivity index (χ4n) is 1.37. The van der Waals surface area contributed by atoms with Gasteiger partial charge >= 0.3 is 10.4 Å². The van der Waals surface area contributed by atoms with Crippen LogP contribution in [0.1, 0.15) is 24.2 Å². The Kier molecular flexibility index (Phi) is 3.51. The van der Waals surface area contributed by atoms with Gasteiger partial charge in [-0.2, -0.15) is 8.42 Å². The predicted octanol–water partition coefficient (Wildman–Crippen LogP) is 0.641. The van der Waals surface area contributed by atoms with Crippen LogP contribution in [0.15, 0.2) is 6.07 Å². The third-order valence-corrected chi connectivity index (χ3v) is 2.50. The van der Waals surface area contributed by atoms with E-state index in [4.69, 9.17) is 4.55 Å². The standard InChI is InChI=1S/C9H12O7S/c1-4-6(11)3-7(12)8(5(2)10)9(4)16-17(13,14)15/h3,5,10-12H,1-2H3,(H,13,14,15). The van der Waals surface area contributed by atoms with Gasteiger partial charge in [-0.25, -0.2) is 0 Å². The average Bonchev–Trinajstić information content (AvgIpc) is 2.10. The minimum absolute atomic E-state index is 0.0312. The van der Waals surface area contributed by atoms with Crippen molar-refractivity contribution < 1.29 is 32.5 Å². The Morgan fingerprint density at radius 3 is 2.24 bits per heavy atom. The molecule has 0 spiro atoms. The maximum absolute atomic E-state index is 10.6. The van der Waals surface area contributed by atoms with Crippen molar-refractivity contribution in [3.05, 3.63) is 17.2 Å². The molecule has 1 atom stereocenters. The van der Waals surface area contributed by atoms with Gasteiger partial charge in [-0.1, -0.05) is 0 Å². The SMILES string of the molecule is Cc1c(O)cc(O)c(C(C)O)c1OS(=O)(=O)O. The van der Waals surface area contributed by atoms with E-state index in [0.29, 0.717) is 0 Å². The molecule has 0 aliphatic carbocycles. The van der Waals surface area contributed by atoms with Crippen molar-refractivity contribution in [2.75, 3.05) is 0 Å². The number of benzene rings is 1. The highest BCUT2D eigenvalue weighted by molar-refractivity contribution is 7.81. The molecule has 0 bridgehead atoms. The average molecular weight is 264 g/mol. The Bertz CT molecular complexity index is 533. The fourth-order valence-corrected chi connectivity index (χ4v) is 1.79. The lowest BCUT2D eigenvalue weighted by Gasteiger charge is -2.16. The van der Waals surface area contributed by atoms with Gasteiger partial charge < -0.3 is 19.5 Å². The molecule has 17 heavy (non-hydrogen) atoms. The predicted molar refractivity (Wildman–Crippen MR) is 57.3 cm³/mol. The van der Waals surface area contributed by atoms with Gasteiger partial charge in [0.25, 0.3) is 0 Å². The lowest BCUT2D eigenvalue weighted by Crippen LogP contribution is -2.10. The summed E-state index contributed by atoms with van der Waals surface area (Å²) in [7, 11) is -4.82. The number of aromatic hydroxyl groups is 2. The normalized spacial score (nSPS) is 13.4. The van der Waals surface area contributed by atoms with E-state index >= 15 is 0 Å². The van der Waals surface area contributed by atoms with Crippen LogP contribution in [-0.4, -0.2) is 28.3 Å². The van der Waals surface area contributed by atoms with E-state index < -0.39 is 33.8 Å². The minimum atomic E-state index is -4.82. The van der Waals surface area contributed by atoms with Crippen LogP contribution in [-0.2, 0) is 10.4 Å². The summed E-state index contributed by atoms with van der Waals surface area (Å²) >= 11 is 0. The van der Waals surface area contributed by atoms with Crippen LogP contribution in [0.25, 0.3) is 0 Å². The summed E-state index contributed by atoms with van der Waals surface area (Å²) < 4.78 is 34.1. The highest BCUT2D eigenvalue weighted by Gasteiger charge is 2.23. The highest BCUT2D eigenvalue weighted by atomic mass is 32.3. The summed E-state index contributed by atoms with van der Waals surface area (Å²) in [6.45, 7) is 2.57. The van der Waals surface area contributed by atoms with E-state index in [1.807, 2.05) is 0 Å². The molecule has 0 aromatic heterocycles. The molecule has 0 saturated carbocycles. The second-order valence-corrected chi connectivity index (χ2v) is 4.49. The number of hydrogen-bond donors (Lipinski definition) is 4. The van der Waals surface area contributed by atoms with Crippen LogP contribution in [0.4, 0.5) is 0 Å². The van der Waals surface area contributed by atoms with Crippen molar-refractivity contribution in [3.63, 3.8) is 0 Å². The van der Waals surface area contributed by atoms with Crippen LogP contribution in [0, 0.1) is 6.92 Å². The Morgan fingerprint density at radius 2 is 1.82 bits per heavy atom. The molecule has 0 radical (unpaired) electrons. The third kappa shape index (κ3) is 2.99. The van der Waals surface area contributed by atoms with Crippen LogP contribution >= 0.6 is 0 Å². The van der Waals surface area contributed by atoms with Crippen molar-refractivity contribution in [1.82, 2.24) is 0 Å². The molecule has 96 valence electrons. The fraction of sp³-hybridized carbons (Fsp3) is 0.333. The van der Waals surface area contributed by atoms with Gasteiger partial charge in [-0.05, 0) is 13.8 Å². The molecule has 0 aliphatic rings. The van der Waals surface area contributed by atoms with Gasteiger partial charge in [0, 0.05) is 11.6 Å². The van der Waals surface area contributed by atoms with Crippen LogP contribution in [0.5, 0.6) is 17.2 Å². The molecule has 4 N–H and O–H groups in total. The number of phenolic OH excluding ortho intramolecular Hbond substituents is 2. The van der Waals surface area contributed by atoms with Gasteiger partial charge in [-0.3, -0.25) is 4.55 Å². The lowest BCUT2D eigenvalue weighted by molar-refractivity contribution is 0.191. The summed E-state index contributed by atoms with van der Waals surface area (Å²) in [6, 6.07) is 0.939. The van der Waals surface area contributed by atoms with Crippen molar-refractivity contribution in [3.8, 4) is 17.2 Å². The van der Waals surface area contributed by atoms with E-state index in [2.05, 4.69) is 4.18 Å². The Balaban J connectivity index is 3.53. The minimum Gasteiger partial charge on any atom is -0.507 e. The van der Waals surface area contributed by atoms with E-state index in [-0.39, 0.29) is 11.1 Å². The summed E-state index contributed by atoms with van der Waals surface area (Å²) in [6.07, 6.45) is -1.24. The molecule has 0 aliphatic heterocycles. The quantitative estimate of drug-likeness (QED) is 0.590. The first-order chi connectivity index (χ1) is 7.63. The Hall–Kier alpha value is -1.51. The Morgan fingerprint density at radius 1 is 1.29 bits per heavy atom. The first-order valence-corrected chi connectivity index (χ1v) is 5.90. The summed E-state index contributed by atoms with van der Waals surface area (Å²) in [5.41, 5.74) is -0.269. The number of hydrogen-bond acceptors (Lipinski definition) is 6. The van der Waals surface area contributed by atoms with E-state index in [9.17, 15) is 23.7 Å². The molecule has 1 rings (SSSR count). The zero-order chi connectivity index (χ0) is 13.4. The second-order valence-electron chi connectivity index (χ2n) is 3.47. The molecular weight excluding hydrogens is 252 g/mol. The zero-order valence-electron chi connectivity index (χ0n) is 9.08. The molecule has 1 aromatic rings. The van der Waals surface area contributed by atoms with E-state index in [1.54, 1.807) is 0 Å². The molecule has 0 fully saturated rings. The zero-order valence-corrected chi connectivity index (χ0v) is 9.89. The summed E-state index contributed by atoms with van der Waals surface area (Å²) in [5, 5.41) is 28.3. The molecule has 7 nitrogen and oxygen atoms in total. The topological polar surface area (TPSA) is 124 Å². The van der Waals surface area contributed by atoms with E-state index in [0.717, 1.165) is 6.07 Å². The van der Waals surface area contributed by atoms with Gasteiger partial charge in [-0.15, -0.1) is 0 Å². The van der Waals surface area contributed by atoms with Crippen LogP contribution < -0.4 is 4.18 Å². The molecular formula is C9H12O7S. The van der Waals surface area contributed by atoms with E-state index in [1.165, 1.54) is 13.8 Å². The first kappa shape index (κ1) is 13.6. The highest BCUT2D eigenvalue weighted by Crippen LogP contribution is 2.41. The molecule has 1 unspecified atom stereocenters. The number of rotatable bonds is 3. The molecule has 1 aromatic carbocycles. The van der Waals surface area contributed by atoms with Crippen molar-refractivity contribution in [1.29, 1.82) is 0 Å². The molecule has 0 heterocycles. The summed E-state index contributed by atoms with van der Waals surface area (Å²) in [5.74, 6) is -1.47. The van der Waals surface area contributed by atoms with Gasteiger partial charge in [0.2, 0.25) is 0 Å². The molecule has 0 saturated heterocycles. The molecule has 8 heteroatoms. The van der Waals surface area contributed by atoms with Crippen LogP contribution in [0.2, 0.25) is 0 Å². The van der Waals surface area contributed by atoms with Crippen molar-refractivity contribution in [2.24, 2.45) is 0 Å². The second kappa shape index (κ2) is 4.40. The maximum Gasteiger partial charge on any atom is 0.446 e. The number of aliphatic hydroxyl groups excluding tert-OH is 1. The largest absolute Gasteiger partial charge is 0.507 e. The van der Waals surface area contributed by atoms with Crippen molar-refractivity contribution in [2.45, 2.75) is 20.0 Å². The smallest absolute Gasteiger partial charge is 0.446 e. The third-order valence-electron chi connectivity index (χ3n) is 2.13. The Labute approximate surface area is 97.9 Å². The maximum atomic E-state index is 10.6. The van der Waals surface area contributed by atoms with Gasteiger partial charge in [0.1, 0.15) is 11.5 Å². The van der Waals surface area contributed by atoms with Gasteiger partial charge in [0.05, 0.1) is 11.7 Å². The molecule has 0 amide bonds. The lowest BCUT2D eigenvalue weighted by atomic mass is 10.0. The van der Waals surface area contributed by atoms with Gasteiger partial charge in [0.15, 0.2) is 5.75 Å². The summed E-state index contributed by atoms with van der Waals surface area (Å²) in [4.78, 5) is 0.